The molecule has 1 aliphatic rings. The van der Waals surface area contributed by atoms with Crippen molar-refractivity contribution in [3.63, 3.8) is 0 Å². The van der Waals surface area contributed by atoms with Gasteiger partial charge in [-0.1, -0.05) is 26.3 Å². The fourth-order valence-electron chi connectivity index (χ4n) is 3.33. The van der Waals surface area contributed by atoms with E-state index in [9.17, 15) is 4.39 Å². The topological polar surface area (TPSA) is 15.3 Å². The Balaban J connectivity index is 2.21. The molecule has 3 heteroatoms. The number of rotatable bonds is 6. The molecule has 2 nitrogen and oxygen atoms in total. The van der Waals surface area contributed by atoms with E-state index in [1.165, 1.54) is 19.3 Å². The molecule has 1 N–H and O–H groups in total. The third-order valence-corrected chi connectivity index (χ3v) is 4.30. The van der Waals surface area contributed by atoms with E-state index in [1.807, 2.05) is 13.0 Å². The molecule has 0 radical (unpaired) electrons. The molecule has 0 saturated carbocycles. The van der Waals surface area contributed by atoms with Gasteiger partial charge in [0.15, 0.2) is 0 Å². The summed E-state index contributed by atoms with van der Waals surface area (Å²) in [5.74, 6) is 0.681. The largest absolute Gasteiger partial charge is 0.371 e. The van der Waals surface area contributed by atoms with Crippen molar-refractivity contribution in [1.82, 2.24) is 5.32 Å². The first-order valence-corrected chi connectivity index (χ1v) is 7.94. The lowest BCUT2D eigenvalue weighted by Crippen LogP contribution is -2.26. The van der Waals surface area contributed by atoms with Gasteiger partial charge in [0, 0.05) is 30.4 Å². The molecule has 2 unspecified atom stereocenters. The highest BCUT2D eigenvalue weighted by atomic mass is 19.1. The lowest BCUT2D eigenvalue weighted by molar-refractivity contribution is 0.526. The van der Waals surface area contributed by atoms with Crippen molar-refractivity contribution in [2.24, 2.45) is 5.92 Å². The van der Waals surface area contributed by atoms with Crippen molar-refractivity contribution < 1.29 is 4.39 Å². The van der Waals surface area contributed by atoms with Gasteiger partial charge >= 0.3 is 0 Å². The molecule has 0 bridgehead atoms. The van der Waals surface area contributed by atoms with Crippen molar-refractivity contribution in [1.29, 1.82) is 0 Å². The Morgan fingerprint density at radius 3 is 2.90 bits per heavy atom. The van der Waals surface area contributed by atoms with E-state index in [-0.39, 0.29) is 11.9 Å². The quantitative estimate of drug-likeness (QED) is 0.842. The summed E-state index contributed by atoms with van der Waals surface area (Å²) in [4.78, 5) is 2.37. The van der Waals surface area contributed by atoms with E-state index in [0.717, 1.165) is 36.8 Å². The molecule has 1 heterocycles. The highest BCUT2D eigenvalue weighted by Gasteiger charge is 2.26. The van der Waals surface area contributed by atoms with Crippen molar-refractivity contribution in [3.8, 4) is 0 Å². The van der Waals surface area contributed by atoms with Crippen LogP contribution in [-0.4, -0.2) is 19.6 Å². The van der Waals surface area contributed by atoms with E-state index in [4.69, 9.17) is 0 Å². The first-order chi connectivity index (χ1) is 9.67. The fraction of sp³-hybridized carbons (Fsp3) is 0.647. The Morgan fingerprint density at radius 2 is 2.20 bits per heavy atom. The Hall–Kier alpha value is -1.09. The highest BCUT2D eigenvalue weighted by molar-refractivity contribution is 5.56. The Labute approximate surface area is 122 Å². The van der Waals surface area contributed by atoms with Crippen LogP contribution in [0.5, 0.6) is 0 Å². The van der Waals surface area contributed by atoms with Crippen LogP contribution in [0.1, 0.15) is 51.6 Å². The van der Waals surface area contributed by atoms with Gasteiger partial charge in [-0.25, -0.2) is 4.39 Å². The molecule has 0 aliphatic carbocycles. The summed E-state index contributed by atoms with van der Waals surface area (Å²) in [6, 6.07) is 5.54. The number of anilines is 1. The zero-order valence-corrected chi connectivity index (χ0v) is 13.0. The van der Waals surface area contributed by atoms with Crippen LogP contribution < -0.4 is 10.2 Å². The molecule has 0 amide bonds. The van der Waals surface area contributed by atoms with E-state index < -0.39 is 0 Å². The summed E-state index contributed by atoms with van der Waals surface area (Å²) < 4.78 is 14.3. The molecule has 0 spiro atoms. The number of nitrogens with zero attached hydrogens (tertiary/aromatic N) is 1. The summed E-state index contributed by atoms with van der Waals surface area (Å²) in [5.41, 5.74) is 1.91. The molecule has 1 saturated heterocycles. The van der Waals surface area contributed by atoms with Gasteiger partial charge in [0.25, 0.3) is 0 Å². The first-order valence-electron chi connectivity index (χ1n) is 7.94. The Bertz CT molecular complexity index is 433. The van der Waals surface area contributed by atoms with Crippen LogP contribution in [0.4, 0.5) is 10.1 Å². The molecule has 20 heavy (non-hydrogen) atoms. The van der Waals surface area contributed by atoms with Crippen molar-refractivity contribution in [3.05, 3.63) is 29.6 Å². The fourth-order valence-corrected chi connectivity index (χ4v) is 3.33. The lowest BCUT2D eigenvalue weighted by Gasteiger charge is -2.25. The van der Waals surface area contributed by atoms with Crippen molar-refractivity contribution >= 4 is 5.69 Å². The average Bonchev–Trinajstić information content (AvgIpc) is 2.87. The molecule has 1 aromatic rings. The van der Waals surface area contributed by atoms with Crippen LogP contribution in [-0.2, 0) is 0 Å². The minimum Gasteiger partial charge on any atom is -0.371 e. The third kappa shape index (κ3) is 3.32. The maximum absolute atomic E-state index is 14.3. The highest BCUT2D eigenvalue weighted by Crippen LogP contribution is 2.33. The minimum absolute atomic E-state index is 0.0569. The van der Waals surface area contributed by atoms with Crippen LogP contribution in [0.15, 0.2) is 18.2 Å². The van der Waals surface area contributed by atoms with E-state index in [0.29, 0.717) is 0 Å². The smallest absolute Gasteiger partial charge is 0.130 e. The van der Waals surface area contributed by atoms with Gasteiger partial charge in [-0.3, -0.25) is 0 Å². The molecule has 112 valence electrons. The molecule has 2 rings (SSSR count). The minimum atomic E-state index is -0.0881. The summed E-state index contributed by atoms with van der Waals surface area (Å²) >= 11 is 0. The van der Waals surface area contributed by atoms with Crippen LogP contribution >= 0.6 is 0 Å². The monoisotopic (exact) mass is 278 g/mol. The second-order valence-corrected chi connectivity index (χ2v) is 5.84. The molecular weight excluding hydrogens is 251 g/mol. The van der Waals surface area contributed by atoms with Gasteiger partial charge in [-0.15, -0.1) is 0 Å². The van der Waals surface area contributed by atoms with Crippen LogP contribution in [0.25, 0.3) is 0 Å². The molecule has 1 fully saturated rings. The van der Waals surface area contributed by atoms with Crippen LogP contribution in [0, 0.1) is 11.7 Å². The Kier molecular flexibility index (Phi) is 5.41. The van der Waals surface area contributed by atoms with Gasteiger partial charge in [0.2, 0.25) is 0 Å². The zero-order chi connectivity index (χ0) is 14.5. The average molecular weight is 278 g/mol. The number of hydrogen-bond acceptors (Lipinski definition) is 2. The zero-order valence-electron chi connectivity index (χ0n) is 13.0. The van der Waals surface area contributed by atoms with Gasteiger partial charge in [-0.2, -0.15) is 0 Å². The predicted molar refractivity (Wildman–Crippen MR) is 83.7 cm³/mol. The van der Waals surface area contributed by atoms with E-state index in [2.05, 4.69) is 30.1 Å². The number of halogens is 1. The summed E-state index contributed by atoms with van der Waals surface area (Å²) in [6.45, 7) is 9.33. The molecule has 0 aromatic heterocycles. The summed E-state index contributed by atoms with van der Waals surface area (Å²) in [5, 5.41) is 3.34. The normalized spacial score (nSPS) is 20.4. The number of benzene rings is 1. The summed E-state index contributed by atoms with van der Waals surface area (Å²) in [6.07, 6.45) is 3.76. The van der Waals surface area contributed by atoms with Crippen molar-refractivity contribution in [2.75, 3.05) is 24.5 Å². The lowest BCUT2D eigenvalue weighted by atomic mass is 10.0. The standard InChI is InChI=1S/C17H27FN2/c1-4-7-14-10-11-20(12-14)16-9-6-8-15(18)17(16)13(3)19-5-2/h6,8-9,13-14,19H,4-5,7,10-12H2,1-3H3. The second kappa shape index (κ2) is 7.07. The summed E-state index contributed by atoms with van der Waals surface area (Å²) in [7, 11) is 0. The first kappa shape index (κ1) is 15.3. The van der Waals surface area contributed by atoms with Crippen molar-refractivity contribution in [2.45, 2.75) is 46.1 Å². The van der Waals surface area contributed by atoms with Gasteiger partial charge < -0.3 is 10.2 Å². The molecule has 2 atom stereocenters. The molecule has 1 aliphatic heterocycles. The number of hydrogen-bond donors (Lipinski definition) is 1. The second-order valence-electron chi connectivity index (χ2n) is 5.84. The van der Waals surface area contributed by atoms with Gasteiger partial charge in [0.05, 0.1) is 0 Å². The molecule has 1 aromatic carbocycles. The third-order valence-electron chi connectivity index (χ3n) is 4.30. The van der Waals surface area contributed by atoms with Gasteiger partial charge in [0.1, 0.15) is 5.82 Å². The van der Waals surface area contributed by atoms with E-state index in [1.54, 1.807) is 6.07 Å². The maximum Gasteiger partial charge on any atom is 0.130 e. The van der Waals surface area contributed by atoms with Gasteiger partial charge in [-0.05, 0) is 44.4 Å². The number of nitrogens with one attached hydrogen (secondary N) is 1. The molecular formula is C17H27FN2. The predicted octanol–water partition coefficient (Wildman–Crippen LogP) is 4.12. The SMILES string of the molecule is CCCC1CCN(c2cccc(F)c2C(C)NCC)C1. The van der Waals surface area contributed by atoms with Crippen LogP contribution in [0.3, 0.4) is 0 Å². The Morgan fingerprint density at radius 1 is 1.40 bits per heavy atom. The van der Waals surface area contributed by atoms with E-state index >= 15 is 0 Å². The maximum atomic E-state index is 14.3. The van der Waals surface area contributed by atoms with Crippen LogP contribution in [0.2, 0.25) is 0 Å².